The number of rotatable bonds is 6. The Labute approximate surface area is 162 Å². The number of benzene rings is 2. The van der Waals surface area contributed by atoms with Gasteiger partial charge in [-0.15, -0.1) is 11.3 Å². The number of thiophene rings is 1. The van der Waals surface area contributed by atoms with Crippen LogP contribution in [-0.2, 0) is 16.4 Å². The fourth-order valence-corrected chi connectivity index (χ4v) is 5.31. The summed E-state index contributed by atoms with van der Waals surface area (Å²) >= 11 is 1.69. The summed E-state index contributed by atoms with van der Waals surface area (Å²) in [6.45, 7) is 1.89. The third-order valence-electron chi connectivity index (χ3n) is 4.36. The Morgan fingerprint density at radius 2 is 1.89 bits per heavy atom. The summed E-state index contributed by atoms with van der Waals surface area (Å²) in [5.74, 6) is 0. The van der Waals surface area contributed by atoms with E-state index < -0.39 is 10.0 Å². The zero-order chi connectivity index (χ0) is 18.9. The first kappa shape index (κ1) is 17.9. The molecular weight excluding hydrogens is 378 g/mol. The van der Waals surface area contributed by atoms with Gasteiger partial charge in [0.2, 0.25) is 10.0 Å². The molecule has 0 fully saturated rings. The van der Waals surface area contributed by atoms with Crippen molar-refractivity contribution in [3.05, 3.63) is 77.9 Å². The largest absolute Gasteiger partial charge is 0.241 e. The molecule has 1 N–H and O–H groups in total. The number of fused-ring (bicyclic) bond motifs is 1. The lowest BCUT2D eigenvalue weighted by Crippen LogP contribution is -2.34. The molecule has 138 valence electrons. The number of sulfonamides is 1. The minimum Gasteiger partial charge on any atom is -0.241 e. The van der Waals surface area contributed by atoms with Crippen molar-refractivity contribution in [3.63, 3.8) is 0 Å². The van der Waals surface area contributed by atoms with E-state index >= 15 is 0 Å². The molecule has 0 aliphatic carbocycles. The lowest BCUT2D eigenvalue weighted by molar-refractivity contribution is 0.560. The van der Waals surface area contributed by atoms with Gasteiger partial charge in [-0.3, -0.25) is 0 Å². The maximum atomic E-state index is 12.7. The van der Waals surface area contributed by atoms with E-state index in [-0.39, 0.29) is 10.9 Å². The van der Waals surface area contributed by atoms with Gasteiger partial charge in [0, 0.05) is 23.1 Å². The SMILES string of the molecule is CC(Cc1csc2ccccc12)NS(=O)(=O)c1ccc(-n2cccn2)cc1. The van der Waals surface area contributed by atoms with Crippen molar-refractivity contribution in [1.29, 1.82) is 0 Å². The zero-order valence-corrected chi connectivity index (χ0v) is 16.4. The van der Waals surface area contributed by atoms with Crippen LogP contribution in [0.1, 0.15) is 12.5 Å². The number of aromatic nitrogens is 2. The minimum atomic E-state index is -3.58. The van der Waals surface area contributed by atoms with E-state index in [0.717, 1.165) is 5.69 Å². The van der Waals surface area contributed by atoms with Crippen molar-refractivity contribution < 1.29 is 8.42 Å². The van der Waals surface area contributed by atoms with Crippen molar-refractivity contribution in [2.45, 2.75) is 24.3 Å². The van der Waals surface area contributed by atoms with E-state index in [1.807, 2.05) is 31.3 Å². The second-order valence-electron chi connectivity index (χ2n) is 6.43. The molecule has 2 aromatic heterocycles. The van der Waals surface area contributed by atoms with E-state index in [0.29, 0.717) is 6.42 Å². The van der Waals surface area contributed by atoms with Gasteiger partial charge in [0.15, 0.2) is 0 Å². The van der Waals surface area contributed by atoms with E-state index in [2.05, 4.69) is 27.3 Å². The van der Waals surface area contributed by atoms with Crippen molar-refractivity contribution in [3.8, 4) is 5.69 Å². The Morgan fingerprint density at radius 3 is 2.63 bits per heavy atom. The maximum absolute atomic E-state index is 12.7. The quantitative estimate of drug-likeness (QED) is 0.535. The number of hydrogen-bond donors (Lipinski definition) is 1. The van der Waals surface area contributed by atoms with E-state index in [1.54, 1.807) is 46.5 Å². The first-order valence-corrected chi connectivity index (χ1v) is 11.0. The van der Waals surface area contributed by atoms with Crippen molar-refractivity contribution >= 4 is 31.4 Å². The van der Waals surface area contributed by atoms with Gasteiger partial charge >= 0.3 is 0 Å². The average molecular weight is 398 g/mol. The molecule has 0 saturated heterocycles. The van der Waals surface area contributed by atoms with Crippen LogP contribution < -0.4 is 4.72 Å². The summed E-state index contributed by atoms with van der Waals surface area (Å²) in [6.07, 6.45) is 4.14. The van der Waals surface area contributed by atoms with Crippen LogP contribution >= 0.6 is 11.3 Å². The van der Waals surface area contributed by atoms with Crippen molar-refractivity contribution in [2.75, 3.05) is 0 Å². The molecule has 0 bridgehead atoms. The second kappa shape index (κ2) is 7.26. The second-order valence-corrected chi connectivity index (χ2v) is 9.05. The van der Waals surface area contributed by atoms with Crippen LogP contribution in [-0.4, -0.2) is 24.2 Å². The van der Waals surface area contributed by atoms with Gasteiger partial charge in [-0.1, -0.05) is 18.2 Å². The zero-order valence-electron chi connectivity index (χ0n) is 14.7. The summed E-state index contributed by atoms with van der Waals surface area (Å²) in [5.41, 5.74) is 1.98. The number of hydrogen-bond acceptors (Lipinski definition) is 4. The molecule has 0 radical (unpaired) electrons. The third-order valence-corrected chi connectivity index (χ3v) is 6.98. The average Bonchev–Trinajstić information content (AvgIpc) is 3.32. The normalized spacial score (nSPS) is 13.1. The van der Waals surface area contributed by atoms with Gasteiger partial charge in [0.05, 0.1) is 10.6 Å². The molecule has 4 rings (SSSR count). The van der Waals surface area contributed by atoms with Gasteiger partial charge in [0.1, 0.15) is 0 Å². The fraction of sp³-hybridized carbons (Fsp3) is 0.150. The first-order valence-electron chi connectivity index (χ1n) is 8.60. The van der Waals surface area contributed by atoms with Crippen LogP contribution in [0.2, 0.25) is 0 Å². The standard InChI is InChI=1S/C20H19N3O2S2/c1-15(13-16-14-26-20-6-3-2-5-19(16)20)22-27(24,25)18-9-7-17(8-10-18)23-12-4-11-21-23/h2-12,14-15,22H,13H2,1H3. The Morgan fingerprint density at radius 1 is 1.11 bits per heavy atom. The van der Waals surface area contributed by atoms with Crippen LogP contribution in [0.5, 0.6) is 0 Å². The highest BCUT2D eigenvalue weighted by molar-refractivity contribution is 7.89. The van der Waals surface area contributed by atoms with Crippen molar-refractivity contribution in [1.82, 2.24) is 14.5 Å². The lowest BCUT2D eigenvalue weighted by Gasteiger charge is -2.14. The highest BCUT2D eigenvalue weighted by atomic mass is 32.2. The van der Waals surface area contributed by atoms with E-state index in [9.17, 15) is 8.42 Å². The van der Waals surface area contributed by atoms with Crippen LogP contribution in [0.3, 0.4) is 0 Å². The summed E-state index contributed by atoms with van der Waals surface area (Å²) in [7, 11) is -3.58. The van der Waals surface area contributed by atoms with Crippen LogP contribution in [0.4, 0.5) is 0 Å². The van der Waals surface area contributed by atoms with Gasteiger partial charge < -0.3 is 0 Å². The summed E-state index contributed by atoms with van der Waals surface area (Å²) in [5, 5.41) is 7.44. The molecule has 0 spiro atoms. The molecule has 5 nitrogen and oxygen atoms in total. The van der Waals surface area contributed by atoms with Gasteiger partial charge in [0.25, 0.3) is 0 Å². The Bertz CT molecular complexity index is 1150. The van der Waals surface area contributed by atoms with Gasteiger partial charge in [-0.25, -0.2) is 17.8 Å². The van der Waals surface area contributed by atoms with Crippen LogP contribution in [0.15, 0.2) is 77.3 Å². The molecule has 4 aromatic rings. The van der Waals surface area contributed by atoms with Gasteiger partial charge in [-0.2, -0.15) is 5.10 Å². The first-order chi connectivity index (χ1) is 13.0. The summed E-state index contributed by atoms with van der Waals surface area (Å²) in [6, 6.07) is 16.5. The topological polar surface area (TPSA) is 64.0 Å². The molecule has 1 atom stereocenters. The Balaban J connectivity index is 1.49. The minimum absolute atomic E-state index is 0.209. The third kappa shape index (κ3) is 3.80. The molecule has 2 aromatic carbocycles. The number of nitrogens with zero attached hydrogens (tertiary/aromatic N) is 2. The fourth-order valence-electron chi connectivity index (χ4n) is 3.09. The molecule has 7 heteroatoms. The van der Waals surface area contributed by atoms with Crippen molar-refractivity contribution in [2.24, 2.45) is 0 Å². The number of nitrogens with one attached hydrogen (secondary N) is 1. The Hall–Kier alpha value is -2.48. The predicted octanol–water partition coefficient (Wildman–Crippen LogP) is 4.00. The highest BCUT2D eigenvalue weighted by Gasteiger charge is 2.18. The maximum Gasteiger partial charge on any atom is 0.240 e. The van der Waals surface area contributed by atoms with Crippen LogP contribution in [0.25, 0.3) is 15.8 Å². The Kier molecular flexibility index (Phi) is 4.82. The molecule has 27 heavy (non-hydrogen) atoms. The molecule has 0 aliphatic heterocycles. The van der Waals surface area contributed by atoms with Gasteiger partial charge in [-0.05, 0) is 66.1 Å². The summed E-state index contributed by atoms with van der Waals surface area (Å²) < 4.78 is 31.1. The molecule has 0 amide bonds. The molecule has 2 heterocycles. The monoisotopic (exact) mass is 397 g/mol. The van der Waals surface area contributed by atoms with E-state index in [4.69, 9.17) is 0 Å². The summed E-state index contributed by atoms with van der Waals surface area (Å²) in [4.78, 5) is 0.250. The molecule has 0 saturated carbocycles. The highest BCUT2D eigenvalue weighted by Crippen LogP contribution is 2.26. The smallest absolute Gasteiger partial charge is 0.240 e. The lowest BCUT2D eigenvalue weighted by atomic mass is 10.1. The molecule has 0 aliphatic rings. The molecular formula is C20H19N3O2S2. The van der Waals surface area contributed by atoms with E-state index in [1.165, 1.54) is 15.6 Å². The molecule has 1 unspecified atom stereocenters. The predicted molar refractivity (Wildman–Crippen MR) is 109 cm³/mol. The van der Waals surface area contributed by atoms with Crippen LogP contribution in [0, 0.1) is 0 Å².